The molecule has 0 spiro atoms. The second-order valence-corrected chi connectivity index (χ2v) is 6.16. The van der Waals surface area contributed by atoms with Gasteiger partial charge < -0.3 is 20.1 Å². The number of amides is 1. The zero-order valence-corrected chi connectivity index (χ0v) is 14.3. The number of carbonyl (C=O) groups excluding carboxylic acids is 1. The Kier molecular flexibility index (Phi) is 5.95. The summed E-state index contributed by atoms with van der Waals surface area (Å²) in [4.78, 5) is 18.2. The number of anilines is 1. The van der Waals surface area contributed by atoms with Gasteiger partial charge in [-0.05, 0) is 18.6 Å². The Morgan fingerprint density at radius 3 is 2.83 bits per heavy atom. The van der Waals surface area contributed by atoms with Crippen LogP contribution in [0.25, 0.3) is 0 Å². The molecule has 2 aromatic rings. The van der Waals surface area contributed by atoms with Crippen LogP contribution in [-0.4, -0.2) is 42.8 Å². The number of para-hydroxylation sites is 1. The lowest BCUT2D eigenvalue weighted by molar-refractivity contribution is -0.130. The molecule has 6 nitrogen and oxygen atoms in total. The summed E-state index contributed by atoms with van der Waals surface area (Å²) in [6.45, 7) is 2.10. The van der Waals surface area contributed by atoms with Gasteiger partial charge in [-0.15, -0.1) is 11.3 Å². The molecule has 2 N–H and O–H groups in total. The summed E-state index contributed by atoms with van der Waals surface area (Å²) < 4.78 is 5.48. The van der Waals surface area contributed by atoms with Crippen molar-refractivity contribution in [2.75, 3.05) is 25.6 Å². The molecule has 0 saturated heterocycles. The number of rotatable bonds is 7. The van der Waals surface area contributed by atoms with Gasteiger partial charge in [-0.2, -0.15) is 0 Å². The second kappa shape index (κ2) is 7.94. The third-order valence-electron chi connectivity index (χ3n) is 3.16. The van der Waals surface area contributed by atoms with Crippen LogP contribution < -0.4 is 15.0 Å². The maximum atomic E-state index is 11.9. The number of aromatic nitrogens is 1. The van der Waals surface area contributed by atoms with E-state index in [9.17, 15) is 9.90 Å². The molecule has 0 bridgehead atoms. The molecule has 124 valence electrons. The minimum absolute atomic E-state index is 0.0866. The van der Waals surface area contributed by atoms with Crippen molar-refractivity contribution >= 4 is 22.4 Å². The van der Waals surface area contributed by atoms with Gasteiger partial charge in [-0.1, -0.05) is 18.2 Å². The first kappa shape index (κ1) is 17.2. The molecule has 0 aliphatic carbocycles. The van der Waals surface area contributed by atoms with Crippen molar-refractivity contribution in [1.29, 1.82) is 0 Å². The van der Waals surface area contributed by atoms with E-state index < -0.39 is 12.0 Å². The van der Waals surface area contributed by atoms with E-state index in [0.717, 1.165) is 16.4 Å². The second-order valence-electron chi connectivity index (χ2n) is 5.33. The van der Waals surface area contributed by atoms with Gasteiger partial charge in [0, 0.05) is 19.5 Å². The SMILES string of the molecule is Cc1ccccc1OCC(O)C(=O)NCc1csc(N(C)C)n1. The Hall–Kier alpha value is -2.12. The van der Waals surface area contributed by atoms with Gasteiger partial charge in [-0.25, -0.2) is 4.98 Å². The van der Waals surface area contributed by atoms with Crippen LogP contribution in [0.5, 0.6) is 5.75 Å². The molecule has 23 heavy (non-hydrogen) atoms. The topological polar surface area (TPSA) is 74.7 Å². The molecule has 7 heteroatoms. The zero-order valence-electron chi connectivity index (χ0n) is 13.4. The molecule has 1 heterocycles. The van der Waals surface area contributed by atoms with E-state index in [1.807, 2.05) is 49.5 Å². The summed E-state index contributed by atoms with van der Waals surface area (Å²) in [6.07, 6.45) is -1.22. The molecular weight excluding hydrogens is 314 g/mol. The smallest absolute Gasteiger partial charge is 0.252 e. The molecule has 1 atom stereocenters. The number of aliphatic hydroxyl groups is 1. The number of nitrogens with one attached hydrogen (secondary N) is 1. The number of carbonyl (C=O) groups is 1. The van der Waals surface area contributed by atoms with Crippen molar-refractivity contribution in [2.24, 2.45) is 0 Å². The van der Waals surface area contributed by atoms with Gasteiger partial charge in [0.15, 0.2) is 11.2 Å². The fraction of sp³-hybridized carbons (Fsp3) is 0.375. The molecule has 0 saturated carbocycles. The highest BCUT2D eigenvalue weighted by atomic mass is 32.1. The number of nitrogens with zero attached hydrogens (tertiary/aromatic N) is 2. The van der Waals surface area contributed by atoms with E-state index >= 15 is 0 Å². The average Bonchev–Trinajstić information content (AvgIpc) is 3.00. The van der Waals surface area contributed by atoms with Crippen molar-refractivity contribution in [1.82, 2.24) is 10.3 Å². The Labute approximate surface area is 139 Å². The Balaban J connectivity index is 1.79. The largest absolute Gasteiger partial charge is 0.490 e. The van der Waals surface area contributed by atoms with Gasteiger partial charge in [0.05, 0.1) is 12.2 Å². The summed E-state index contributed by atoms with van der Waals surface area (Å²) >= 11 is 1.50. The fourth-order valence-corrected chi connectivity index (χ4v) is 2.60. The predicted octanol–water partition coefficient (Wildman–Crippen LogP) is 1.57. The highest BCUT2D eigenvalue weighted by molar-refractivity contribution is 7.13. The monoisotopic (exact) mass is 335 g/mol. The van der Waals surface area contributed by atoms with Gasteiger partial charge in [0.25, 0.3) is 5.91 Å². The van der Waals surface area contributed by atoms with Gasteiger partial charge in [-0.3, -0.25) is 4.79 Å². The Morgan fingerprint density at radius 1 is 1.43 bits per heavy atom. The number of ether oxygens (including phenoxy) is 1. The molecular formula is C16H21N3O3S. The number of benzene rings is 1. The van der Waals surface area contributed by atoms with E-state index in [4.69, 9.17) is 4.74 Å². The van der Waals surface area contributed by atoms with Crippen LogP contribution in [0.15, 0.2) is 29.6 Å². The summed E-state index contributed by atoms with van der Waals surface area (Å²) in [5, 5.41) is 15.3. The van der Waals surface area contributed by atoms with Gasteiger partial charge >= 0.3 is 0 Å². The van der Waals surface area contributed by atoms with Crippen LogP contribution in [0.4, 0.5) is 5.13 Å². The van der Waals surface area contributed by atoms with Crippen LogP contribution in [-0.2, 0) is 11.3 Å². The van der Waals surface area contributed by atoms with Crippen LogP contribution in [0.1, 0.15) is 11.3 Å². The first-order valence-electron chi connectivity index (χ1n) is 7.23. The Morgan fingerprint density at radius 2 is 2.17 bits per heavy atom. The molecule has 1 aromatic carbocycles. The lowest BCUT2D eigenvalue weighted by Gasteiger charge is -2.13. The molecule has 1 amide bonds. The summed E-state index contributed by atoms with van der Waals surface area (Å²) in [6, 6.07) is 7.46. The highest BCUT2D eigenvalue weighted by Gasteiger charge is 2.16. The quantitative estimate of drug-likeness (QED) is 0.803. The highest BCUT2D eigenvalue weighted by Crippen LogP contribution is 2.18. The number of thiazole rings is 1. The third-order valence-corrected chi connectivity index (χ3v) is 4.22. The lowest BCUT2D eigenvalue weighted by Crippen LogP contribution is -2.38. The van der Waals surface area contributed by atoms with Crippen LogP contribution in [0, 0.1) is 6.92 Å². The number of hydrogen-bond acceptors (Lipinski definition) is 6. The summed E-state index contributed by atoms with van der Waals surface area (Å²) in [5.41, 5.74) is 1.72. The number of aryl methyl sites for hydroxylation is 1. The zero-order chi connectivity index (χ0) is 16.8. The number of hydrogen-bond donors (Lipinski definition) is 2. The third kappa shape index (κ3) is 4.94. The maximum Gasteiger partial charge on any atom is 0.252 e. The van der Waals surface area contributed by atoms with Crippen molar-refractivity contribution in [3.63, 3.8) is 0 Å². The van der Waals surface area contributed by atoms with E-state index in [-0.39, 0.29) is 13.2 Å². The van der Waals surface area contributed by atoms with E-state index in [1.54, 1.807) is 6.07 Å². The van der Waals surface area contributed by atoms with Crippen molar-refractivity contribution < 1.29 is 14.6 Å². The Bertz CT molecular complexity index is 658. The minimum Gasteiger partial charge on any atom is -0.490 e. The first-order valence-corrected chi connectivity index (χ1v) is 8.11. The average molecular weight is 335 g/mol. The van der Waals surface area contributed by atoms with E-state index in [1.165, 1.54) is 11.3 Å². The molecule has 1 aromatic heterocycles. The van der Waals surface area contributed by atoms with Crippen molar-refractivity contribution in [3.05, 3.63) is 40.9 Å². The van der Waals surface area contributed by atoms with E-state index in [2.05, 4.69) is 10.3 Å². The van der Waals surface area contributed by atoms with Crippen LogP contribution in [0.2, 0.25) is 0 Å². The fourth-order valence-electron chi connectivity index (χ4n) is 1.84. The standard InChI is InChI=1S/C16H21N3O3S/c1-11-6-4-5-7-14(11)22-9-13(20)15(21)17-8-12-10-23-16(18-12)19(2)3/h4-7,10,13,20H,8-9H2,1-3H3,(H,17,21). The maximum absolute atomic E-state index is 11.9. The predicted molar refractivity (Wildman–Crippen MR) is 91.0 cm³/mol. The lowest BCUT2D eigenvalue weighted by atomic mass is 10.2. The van der Waals surface area contributed by atoms with Crippen LogP contribution in [0.3, 0.4) is 0 Å². The van der Waals surface area contributed by atoms with E-state index in [0.29, 0.717) is 5.75 Å². The molecule has 0 aliphatic rings. The molecule has 1 unspecified atom stereocenters. The van der Waals surface area contributed by atoms with Crippen LogP contribution >= 0.6 is 11.3 Å². The molecule has 2 rings (SSSR count). The van der Waals surface area contributed by atoms with Crippen molar-refractivity contribution in [2.45, 2.75) is 19.6 Å². The molecule has 0 aliphatic heterocycles. The first-order chi connectivity index (χ1) is 11.0. The summed E-state index contributed by atoms with van der Waals surface area (Å²) in [5.74, 6) is 0.187. The molecule has 0 radical (unpaired) electrons. The van der Waals surface area contributed by atoms with Crippen molar-refractivity contribution in [3.8, 4) is 5.75 Å². The van der Waals surface area contributed by atoms with Gasteiger partial charge in [0.2, 0.25) is 0 Å². The normalized spacial score (nSPS) is 11.8. The minimum atomic E-state index is -1.22. The number of aliphatic hydroxyl groups excluding tert-OH is 1. The van der Waals surface area contributed by atoms with Gasteiger partial charge in [0.1, 0.15) is 12.4 Å². The molecule has 0 fully saturated rings. The summed E-state index contributed by atoms with van der Waals surface area (Å²) in [7, 11) is 3.82.